The minimum atomic E-state index is 0.379. The van der Waals surface area contributed by atoms with Crippen LogP contribution in [0.3, 0.4) is 0 Å². The Kier molecular flexibility index (Phi) is 3.54. The van der Waals surface area contributed by atoms with Gasteiger partial charge in [-0.15, -0.1) is 0 Å². The predicted octanol–water partition coefficient (Wildman–Crippen LogP) is 1.45. The SMILES string of the molecule is O=COCCc1ccnc(Cl)c1. The van der Waals surface area contributed by atoms with Gasteiger partial charge in [0.15, 0.2) is 0 Å². The van der Waals surface area contributed by atoms with E-state index in [0.29, 0.717) is 24.7 Å². The van der Waals surface area contributed by atoms with Crippen LogP contribution in [-0.2, 0) is 16.0 Å². The molecule has 1 rings (SSSR count). The molecule has 0 aromatic carbocycles. The quantitative estimate of drug-likeness (QED) is 0.405. The largest absolute Gasteiger partial charge is 0.468 e. The summed E-state index contributed by atoms with van der Waals surface area (Å²) in [5, 5.41) is 0.457. The van der Waals surface area contributed by atoms with E-state index in [4.69, 9.17) is 11.6 Å². The first-order chi connectivity index (χ1) is 5.83. The van der Waals surface area contributed by atoms with Crippen molar-refractivity contribution in [1.82, 2.24) is 4.98 Å². The molecule has 1 aromatic rings. The van der Waals surface area contributed by atoms with Gasteiger partial charge in [-0.3, -0.25) is 4.79 Å². The molecule has 0 saturated carbocycles. The van der Waals surface area contributed by atoms with Crippen LogP contribution >= 0.6 is 11.6 Å². The second kappa shape index (κ2) is 4.72. The number of halogens is 1. The van der Waals surface area contributed by atoms with E-state index in [1.54, 1.807) is 12.3 Å². The van der Waals surface area contributed by atoms with E-state index in [1.807, 2.05) is 6.07 Å². The topological polar surface area (TPSA) is 39.2 Å². The van der Waals surface area contributed by atoms with Crippen molar-refractivity contribution in [3.8, 4) is 0 Å². The van der Waals surface area contributed by atoms with Gasteiger partial charge in [-0.1, -0.05) is 11.6 Å². The Morgan fingerprint density at radius 3 is 3.17 bits per heavy atom. The molecule has 0 aliphatic rings. The van der Waals surface area contributed by atoms with E-state index in [-0.39, 0.29) is 0 Å². The minimum Gasteiger partial charge on any atom is -0.468 e. The van der Waals surface area contributed by atoms with Crippen LogP contribution < -0.4 is 0 Å². The standard InChI is InChI=1S/C8H8ClNO2/c9-8-5-7(1-3-10-8)2-4-12-6-11/h1,3,5-6H,2,4H2. The van der Waals surface area contributed by atoms with Crippen molar-refractivity contribution >= 4 is 18.1 Å². The molecule has 1 aromatic heterocycles. The van der Waals surface area contributed by atoms with Gasteiger partial charge in [0.2, 0.25) is 0 Å². The number of aromatic nitrogens is 1. The first kappa shape index (κ1) is 9.00. The van der Waals surface area contributed by atoms with Crippen molar-refractivity contribution < 1.29 is 9.53 Å². The maximum Gasteiger partial charge on any atom is 0.293 e. The van der Waals surface area contributed by atoms with Crippen LogP contribution in [0, 0.1) is 0 Å². The molecule has 64 valence electrons. The molecule has 0 spiro atoms. The Morgan fingerprint density at radius 2 is 2.50 bits per heavy atom. The molecule has 12 heavy (non-hydrogen) atoms. The van der Waals surface area contributed by atoms with Gasteiger partial charge < -0.3 is 4.74 Å². The summed E-state index contributed by atoms with van der Waals surface area (Å²) in [6.45, 7) is 0.812. The van der Waals surface area contributed by atoms with Crippen molar-refractivity contribution in [2.24, 2.45) is 0 Å². The van der Waals surface area contributed by atoms with Crippen molar-refractivity contribution in [3.63, 3.8) is 0 Å². The molecular weight excluding hydrogens is 178 g/mol. The summed E-state index contributed by atoms with van der Waals surface area (Å²) in [5.74, 6) is 0. The van der Waals surface area contributed by atoms with Crippen LogP contribution in [0.5, 0.6) is 0 Å². The summed E-state index contributed by atoms with van der Waals surface area (Å²) in [7, 11) is 0. The van der Waals surface area contributed by atoms with Gasteiger partial charge in [0.1, 0.15) is 5.15 Å². The molecule has 0 aliphatic heterocycles. The fraction of sp³-hybridized carbons (Fsp3) is 0.250. The number of rotatable bonds is 4. The molecule has 0 N–H and O–H groups in total. The third kappa shape index (κ3) is 2.88. The Labute approximate surface area is 75.3 Å². The normalized spacial score (nSPS) is 9.42. The average Bonchev–Trinajstić information content (AvgIpc) is 2.05. The fourth-order valence-electron chi connectivity index (χ4n) is 0.823. The van der Waals surface area contributed by atoms with Gasteiger partial charge >= 0.3 is 0 Å². The lowest BCUT2D eigenvalue weighted by molar-refractivity contribution is -0.128. The molecule has 0 aliphatic carbocycles. The maximum absolute atomic E-state index is 9.80. The van der Waals surface area contributed by atoms with Gasteiger partial charge in [-0.05, 0) is 17.7 Å². The molecule has 0 radical (unpaired) electrons. The van der Waals surface area contributed by atoms with Crippen LogP contribution in [-0.4, -0.2) is 18.1 Å². The highest BCUT2D eigenvalue weighted by molar-refractivity contribution is 6.29. The fourth-order valence-corrected chi connectivity index (χ4v) is 1.02. The molecule has 3 nitrogen and oxygen atoms in total. The second-order valence-corrected chi connectivity index (χ2v) is 2.59. The highest BCUT2D eigenvalue weighted by atomic mass is 35.5. The van der Waals surface area contributed by atoms with Crippen molar-refractivity contribution in [2.75, 3.05) is 6.61 Å². The summed E-state index contributed by atoms with van der Waals surface area (Å²) in [6, 6.07) is 3.58. The lowest BCUT2D eigenvalue weighted by atomic mass is 10.2. The van der Waals surface area contributed by atoms with E-state index in [2.05, 4.69) is 9.72 Å². The molecule has 0 bridgehead atoms. The smallest absolute Gasteiger partial charge is 0.293 e. The maximum atomic E-state index is 9.80. The predicted molar refractivity (Wildman–Crippen MR) is 45.0 cm³/mol. The number of carbonyl (C=O) groups excluding carboxylic acids is 1. The summed E-state index contributed by atoms with van der Waals surface area (Å²) < 4.78 is 4.53. The third-order valence-electron chi connectivity index (χ3n) is 1.37. The van der Waals surface area contributed by atoms with Gasteiger partial charge in [0.05, 0.1) is 6.61 Å². The molecule has 0 saturated heterocycles. The molecule has 0 fully saturated rings. The molecule has 4 heteroatoms. The second-order valence-electron chi connectivity index (χ2n) is 2.20. The van der Waals surface area contributed by atoms with Crippen molar-refractivity contribution in [2.45, 2.75) is 6.42 Å². The summed E-state index contributed by atoms with van der Waals surface area (Å²) >= 11 is 5.64. The number of pyridine rings is 1. The number of hydrogen-bond acceptors (Lipinski definition) is 3. The first-order valence-electron chi connectivity index (χ1n) is 3.48. The van der Waals surface area contributed by atoms with Crippen LogP contribution in [0.2, 0.25) is 5.15 Å². The van der Waals surface area contributed by atoms with Gasteiger partial charge in [0, 0.05) is 12.6 Å². The number of nitrogens with zero attached hydrogens (tertiary/aromatic N) is 1. The molecule has 1 heterocycles. The molecular formula is C8H8ClNO2. The Balaban J connectivity index is 2.46. The Morgan fingerprint density at radius 1 is 1.67 bits per heavy atom. The molecule has 0 amide bonds. The highest BCUT2D eigenvalue weighted by Crippen LogP contribution is 2.07. The van der Waals surface area contributed by atoms with Crippen LogP contribution in [0.15, 0.2) is 18.3 Å². The summed E-state index contributed by atoms with van der Waals surface area (Å²) in [4.78, 5) is 13.6. The summed E-state index contributed by atoms with van der Waals surface area (Å²) in [5.41, 5.74) is 1.01. The Hall–Kier alpha value is -1.09. The number of hydrogen-bond donors (Lipinski definition) is 0. The zero-order chi connectivity index (χ0) is 8.81. The van der Waals surface area contributed by atoms with Crippen molar-refractivity contribution in [1.29, 1.82) is 0 Å². The van der Waals surface area contributed by atoms with Crippen LogP contribution in [0.1, 0.15) is 5.56 Å². The van der Waals surface area contributed by atoms with E-state index < -0.39 is 0 Å². The number of carbonyl (C=O) groups is 1. The van der Waals surface area contributed by atoms with Crippen LogP contribution in [0.4, 0.5) is 0 Å². The minimum absolute atomic E-state index is 0.379. The number of ether oxygens (including phenoxy) is 1. The molecule has 0 atom stereocenters. The van der Waals surface area contributed by atoms with Gasteiger partial charge in [-0.2, -0.15) is 0 Å². The third-order valence-corrected chi connectivity index (χ3v) is 1.57. The van der Waals surface area contributed by atoms with Gasteiger partial charge in [0.25, 0.3) is 6.47 Å². The van der Waals surface area contributed by atoms with Crippen LogP contribution in [0.25, 0.3) is 0 Å². The monoisotopic (exact) mass is 185 g/mol. The van der Waals surface area contributed by atoms with E-state index in [9.17, 15) is 4.79 Å². The zero-order valence-corrected chi connectivity index (χ0v) is 7.12. The summed E-state index contributed by atoms with van der Waals surface area (Å²) in [6.07, 6.45) is 2.29. The van der Waals surface area contributed by atoms with E-state index in [0.717, 1.165) is 5.56 Å². The molecule has 0 unspecified atom stereocenters. The first-order valence-corrected chi connectivity index (χ1v) is 3.86. The van der Waals surface area contributed by atoms with Gasteiger partial charge in [-0.25, -0.2) is 4.98 Å². The average molecular weight is 186 g/mol. The van der Waals surface area contributed by atoms with E-state index >= 15 is 0 Å². The zero-order valence-electron chi connectivity index (χ0n) is 6.37. The lowest BCUT2D eigenvalue weighted by Crippen LogP contribution is -1.96. The van der Waals surface area contributed by atoms with Crippen molar-refractivity contribution in [3.05, 3.63) is 29.0 Å². The van der Waals surface area contributed by atoms with E-state index in [1.165, 1.54) is 0 Å². The Bertz CT molecular complexity index is 265. The highest BCUT2D eigenvalue weighted by Gasteiger charge is 1.94. The lowest BCUT2D eigenvalue weighted by Gasteiger charge is -1.99.